The molecule has 0 bridgehead atoms. The van der Waals surface area contributed by atoms with Gasteiger partial charge >= 0.3 is 0 Å². The molecule has 1 aromatic carbocycles. The molecule has 2 aromatic heterocycles. The van der Waals surface area contributed by atoms with Gasteiger partial charge in [-0.3, -0.25) is 0 Å². The van der Waals surface area contributed by atoms with Gasteiger partial charge in [-0.25, -0.2) is 0 Å². The van der Waals surface area contributed by atoms with Crippen LogP contribution >= 0.6 is 0 Å². The zero-order valence-electron chi connectivity index (χ0n) is 8.90. The largest absolute Gasteiger partial charge is 0.504 e. The number of phenols is 2. The van der Waals surface area contributed by atoms with Gasteiger partial charge in [0.15, 0.2) is 17.2 Å². The smallest absolute Gasteiger partial charge is 0.258 e. The van der Waals surface area contributed by atoms with Gasteiger partial charge in [0.25, 0.3) is 5.89 Å². The Hall–Kier alpha value is -2.90. The second kappa shape index (κ2) is 3.84. The molecule has 0 spiro atoms. The van der Waals surface area contributed by atoms with Gasteiger partial charge in [-0.1, -0.05) is 5.16 Å². The number of benzene rings is 1. The van der Waals surface area contributed by atoms with Gasteiger partial charge in [-0.15, -0.1) is 0 Å². The Kier molecular flexibility index (Phi) is 2.19. The first-order chi connectivity index (χ1) is 8.74. The Balaban J connectivity index is 2.00. The zero-order valence-corrected chi connectivity index (χ0v) is 8.90. The minimum atomic E-state index is -0.256. The maximum absolute atomic E-state index is 9.38. The van der Waals surface area contributed by atoms with Crippen molar-refractivity contribution < 1.29 is 14.7 Å². The minimum Gasteiger partial charge on any atom is -0.504 e. The highest BCUT2D eigenvalue weighted by Crippen LogP contribution is 2.30. The highest BCUT2D eigenvalue weighted by molar-refractivity contribution is 5.60. The van der Waals surface area contributed by atoms with Gasteiger partial charge in [0.05, 0.1) is 6.20 Å². The van der Waals surface area contributed by atoms with E-state index >= 15 is 0 Å². The van der Waals surface area contributed by atoms with E-state index < -0.39 is 0 Å². The van der Waals surface area contributed by atoms with Gasteiger partial charge < -0.3 is 14.7 Å². The molecular formula is C10H7N5O3. The van der Waals surface area contributed by atoms with Crippen LogP contribution in [0, 0.1) is 0 Å². The summed E-state index contributed by atoms with van der Waals surface area (Å²) in [6, 6.07) is 4.22. The van der Waals surface area contributed by atoms with E-state index in [4.69, 9.17) is 4.52 Å². The Labute approximate surface area is 99.9 Å². The van der Waals surface area contributed by atoms with Crippen molar-refractivity contribution in [3.05, 3.63) is 24.4 Å². The molecule has 0 radical (unpaired) electrons. The van der Waals surface area contributed by atoms with Crippen LogP contribution in [0.15, 0.2) is 28.9 Å². The van der Waals surface area contributed by atoms with E-state index in [1.807, 2.05) is 0 Å². The zero-order chi connectivity index (χ0) is 12.5. The molecule has 0 aliphatic carbocycles. The molecule has 8 heteroatoms. The quantitative estimate of drug-likeness (QED) is 0.574. The van der Waals surface area contributed by atoms with Gasteiger partial charge in [0.1, 0.15) is 0 Å². The SMILES string of the molecule is Oc1ccc(-c2nc(-c3cn[nH]n3)no2)cc1O. The fourth-order valence-electron chi connectivity index (χ4n) is 1.41. The molecule has 3 rings (SSSR count). The maximum atomic E-state index is 9.38. The van der Waals surface area contributed by atoms with E-state index in [9.17, 15) is 10.2 Å². The second-order valence-corrected chi connectivity index (χ2v) is 3.48. The average molecular weight is 245 g/mol. The first-order valence-electron chi connectivity index (χ1n) is 4.96. The molecule has 3 aromatic rings. The molecule has 0 fully saturated rings. The molecule has 0 saturated carbocycles. The number of nitrogens with one attached hydrogen (secondary N) is 1. The Morgan fingerprint density at radius 3 is 2.78 bits per heavy atom. The third kappa shape index (κ3) is 1.65. The number of hydrogen-bond acceptors (Lipinski definition) is 7. The number of aromatic nitrogens is 5. The van der Waals surface area contributed by atoms with E-state index in [-0.39, 0.29) is 23.2 Å². The summed E-state index contributed by atoms with van der Waals surface area (Å²) >= 11 is 0. The van der Waals surface area contributed by atoms with Crippen molar-refractivity contribution >= 4 is 0 Å². The highest BCUT2D eigenvalue weighted by atomic mass is 16.5. The van der Waals surface area contributed by atoms with E-state index in [1.54, 1.807) is 6.07 Å². The van der Waals surface area contributed by atoms with E-state index in [2.05, 4.69) is 25.6 Å². The maximum Gasteiger partial charge on any atom is 0.258 e. The van der Waals surface area contributed by atoms with Crippen LogP contribution in [0.2, 0.25) is 0 Å². The lowest BCUT2D eigenvalue weighted by Gasteiger charge is -1.98. The predicted octanol–water partition coefficient (Wildman–Crippen LogP) is 0.933. The topological polar surface area (TPSA) is 121 Å². The summed E-state index contributed by atoms with van der Waals surface area (Å²) in [7, 11) is 0. The number of aromatic amines is 1. The van der Waals surface area contributed by atoms with Crippen molar-refractivity contribution in [3.63, 3.8) is 0 Å². The van der Waals surface area contributed by atoms with Crippen molar-refractivity contribution in [1.82, 2.24) is 25.6 Å². The molecule has 8 nitrogen and oxygen atoms in total. The standard InChI is InChI=1S/C10H7N5O3/c16-7-2-1-5(3-8(7)17)10-12-9(14-18-10)6-4-11-15-13-6/h1-4,16-17H,(H,11,13,15). The molecule has 0 unspecified atom stereocenters. The number of H-pyrrole nitrogens is 1. The fraction of sp³-hybridized carbons (Fsp3) is 0. The van der Waals surface area contributed by atoms with Crippen molar-refractivity contribution in [2.75, 3.05) is 0 Å². The lowest BCUT2D eigenvalue weighted by Crippen LogP contribution is -1.81. The van der Waals surface area contributed by atoms with E-state index in [0.29, 0.717) is 11.3 Å². The van der Waals surface area contributed by atoms with Crippen molar-refractivity contribution in [1.29, 1.82) is 0 Å². The summed E-state index contributed by atoms with van der Waals surface area (Å²) in [5, 5.41) is 32.2. The van der Waals surface area contributed by atoms with Gasteiger partial charge in [-0.2, -0.15) is 20.4 Å². The van der Waals surface area contributed by atoms with Gasteiger partial charge in [0, 0.05) is 5.56 Å². The van der Waals surface area contributed by atoms with Crippen molar-refractivity contribution in [3.8, 4) is 34.5 Å². The third-order valence-electron chi connectivity index (χ3n) is 2.29. The monoisotopic (exact) mass is 245 g/mol. The van der Waals surface area contributed by atoms with Crippen LogP contribution in [0.5, 0.6) is 11.5 Å². The third-order valence-corrected chi connectivity index (χ3v) is 2.29. The first-order valence-corrected chi connectivity index (χ1v) is 4.96. The molecule has 0 amide bonds. The van der Waals surface area contributed by atoms with E-state index in [0.717, 1.165) is 0 Å². The minimum absolute atomic E-state index is 0.211. The summed E-state index contributed by atoms with van der Waals surface area (Å²) in [5.41, 5.74) is 0.945. The fourth-order valence-corrected chi connectivity index (χ4v) is 1.41. The number of phenolic OH excluding ortho intramolecular Hbond substituents is 2. The number of nitrogens with zero attached hydrogens (tertiary/aromatic N) is 4. The number of aromatic hydroxyl groups is 2. The van der Waals surface area contributed by atoms with E-state index in [1.165, 1.54) is 18.3 Å². The highest BCUT2D eigenvalue weighted by Gasteiger charge is 2.13. The molecule has 0 aliphatic rings. The molecule has 0 saturated heterocycles. The first kappa shape index (κ1) is 10.3. The van der Waals surface area contributed by atoms with Crippen molar-refractivity contribution in [2.45, 2.75) is 0 Å². The summed E-state index contributed by atoms with van der Waals surface area (Å²) < 4.78 is 5.03. The molecule has 0 aliphatic heterocycles. The van der Waals surface area contributed by atoms with Crippen LogP contribution < -0.4 is 0 Å². The Bertz CT molecular complexity index is 677. The van der Waals surface area contributed by atoms with Crippen LogP contribution in [-0.2, 0) is 0 Å². The second-order valence-electron chi connectivity index (χ2n) is 3.48. The Morgan fingerprint density at radius 2 is 2.06 bits per heavy atom. The summed E-state index contributed by atoms with van der Waals surface area (Å²) in [6.45, 7) is 0. The molecular weight excluding hydrogens is 238 g/mol. The molecule has 2 heterocycles. The van der Waals surface area contributed by atoms with Crippen LogP contribution in [0.3, 0.4) is 0 Å². The van der Waals surface area contributed by atoms with Crippen LogP contribution in [-0.4, -0.2) is 35.8 Å². The lowest BCUT2D eigenvalue weighted by molar-refractivity contribution is 0.402. The van der Waals surface area contributed by atoms with Crippen molar-refractivity contribution in [2.24, 2.45) is 0 Å². The molecule has 90 valence electrons. The van der Waals surface area contributed by atoms with Gasteiger partial charge in [-0.05, 0) is 18.2 Å². The average Bonchev–Trinajstić information content (AvgIpc) is 3.01. The van der Waals surface area contributed by atoms with Gasteiger partial charge in [0.2, 0.25) is 5.82 Å². The van der Waals surface area contributed by atoms with Crippen LogP contribution in [0.1, 0.15) is 0 Å². The summed E-state index contributed by atoms with van der Waals surface area (Å²) in [5.74, 6) is 0.0262. The summed E-state index contributed by atoms with van der Waals surface area (Å²) in [6.07, 6.45) is 1.46. The number of hydrogen-bond donors (Lipinski definition) is 3. The predicted molar refractivity (Wildman–Crippen MR) is 58.4 cm³/mol. The number of rotatable bonds is 2. The van der Waals surface area contributed by atoms with Crippen LogP contribution in [0.4, 0.5) is 0 Å². The summed E-state index contributed by atoms with van der Waals surface area (Å²) in [4.78, 5) is 4.10. The molecule has 3 N–H and O–H groups in total. The molecule has 18 heavy (non-hydrogen) atoms. The van der Waals surface area contributed by atoms with Crippen LogP contribution in [0.25, 0.3) is 23.0 Å². The normalized spacial score (nSPS) is 10.7. The Morgan fingerprint density at radius 1 is 1.17 bits per heavy atom. The lowest BCUT2D eigenvalue weighted by atomic mass is 10.2. The molecule has 0 atom stereocenters.